The fourth-order valence-corrected chi connectivity index (χ4v) is 1.81. The molecule has 0 aromatic heterocycles. The van der Waals surface area contributed by atoms with Crippen LogP contribution in [0.15, 0.2) is 0 Å². The third kappa shape index (κ3) is 6.43. The Balaban J connectivity index is 1.95. The van der Waals surface area contributed by atoms with Gasteiger partial charge in [-0.2, -0.15) is 0 Å². The zero-order valence-electron chi connectivity index (χ0n) is 10.7. The maximum Gasteiger partial charge on any atom is 0.0589 e. The predicted molar refractivity (Wildman–Crippen MR) is 65.8 cm³/mol. The van der Waals surface area contributed by atoms with Crippen LogP contribution in [0.2, 0.25) is 0 Å². The summed E-state index contributed by atoms with van der Waals surface area (Å²) in [6, 6.07) is 0.830. The van der Waals surface area contributed by atoms with Gasteiger partial charge in [-0.15, -0.1) is 0 Å². The summed E-state index contributed by atoms with van der Waals surface area (Å²) < 4.78 is 10.1. The Kier molecular flexibility index (Phi) is 7.76. The standard InChI is InChI=1S/C12H26N2O2/c1-15-10-3-6-13-7-8-14(9-11-16-2)12-4-5-12/h12-13H,3-11H2,1-2H3. The normalized spacial score (nSPS) is 15.9. The lowest BCUT2D eigenvalue weighted by Crippen LogP contribution is -2.36. The fraction of sp³-hybridized carbons (Fsp3) is 1.00. The molecular weight excluding hydrogens is 204 g/mol. The molecule has 4 nitrogen and oxygen atoms in total. The third-order valence-electron chi connectivity index (χ3n) is 2.92. The van der Waals surface area contributed by atoms with Crippen LogP contribution in [-0.4, -0.2) is 64.6 Å². The average molecular weight is 230 g/mol. The van der Waals surface area contributed by atoms with E-state index in [0.717, 1.165) is 51.9 Å². The minimum absolute atomic E-state index is 0.830. The Morgan fingerprint density at radius 2 is 1.81 bits per heavy atom. The highest BCUT2D eigenvalue weighted by Gasteiger charge is 2.27. The van der Waals surface area contributed by atoms with Crippen LogP contribution in [0.3, 0.4) is 0 Å². The van der Waals surface area contributed by atoms with Crippen molar-refractivity contribution in [3.05, 3.63) is 0 Å². The van der Waals surface area contributed by atoms with Crippen LogP contribution in [0.25, 0.3) is 0 Å². The Bertz CT molecular complexity index is 163. The molecule has 1 aliphatic carbocycles. The zero-order valence-corrected chi connectivity index (χ0v) is 10.7. The monoisotopic (exact) mass is 230 g/mol. The van der Waals surface area contributed by atoms with E-state index in [1.54, 1.807) is 14.2 Å². The molecule has 1 aliphatic rings. The lowest BCUT2D eigenvalue weighted by Gasteiger charge is -2.21. The number of methoxy groups -OCH3 is 2. The molecule has 0 spiro atoms. The summed E-state index contributed by atoms with van der Waals surface area (Å²) in [7, 11) is 3.52. The maximum atomic E-state index is 5.13. The number of hydrogen-bond acceptors (Lipinski definition) is 4. The van der Waals surface area contributed by atoms with Crippen LogP contribution in [0, 0.1) is 0 Å². The third-order valence-corrected chi connectivity index (χ3v) is 2.92. The van der Waals surface area contributed by atoms with Crippen molar-refractivity contribution < 1.29 is 9.47 Å². The molecular formula is C12H26N2O2. The SMILES string of the molecule is COCCCNCCN(CCOC)C1CC1. The van der Waals surface area contributed by atoms with Gasteiger partial charge in [-0.3, -0.25) is 4.90 Å². The molecule has 4 heteroatoms. The molecule has 1 saturated carbocycles. The van der Waals surface area contributed by atoms with Gasteiger partial charge in [0.15, 0.2) is 0 Å². The van der Waals surface area contributed by atoms with E-state index in [4.69, 9.17) is 9.47 Å². The maximum absolute atomic E-state index is 5.13. The average Bonchev–Trinajstić information content (AvgIpc) is 3.11. The second-order valence-corrected chi connectivity index (χ2v) is 4.36. The van der Waals surface area contributed by atoms with Crippen molar-refractivity contribution in [2.75, 3.05) is 53.6 Å². The molecule has 0 aromatic carbocycles. The van der Waals surface area contributed by atoms with Crippen LogP contribution < -0.4 is 5.32 Å². The van der Waals surface area contributed by atoms with Gasteiger partial charge in [0, 0.05) is 46.5 Å². The van der Waals surface area contributed by atoms with Gasteiger partial charge in [0.05, 0.1) is 6.61 Å². The quantitative estimate of drug-likeness (QED) is 0.530. The fourth-order valence-electron chi connectivity index (χ4n) is 1.81. The van der Waals surface area contributed by atoms with Gasteiger partial charge in [-0.05, 0) is 25.8 Å². The van der Waals surface area contributed by atoms with E-state index in [0.29, 0.717) is 0 Å². The number of nitrogens with zero attached hydrogens (tertiary/aromatic N) is 1. The highest BCUT2D eigenvalue weighted by molar-refractivity contribution is 4.84. The molecule has 0 radical (unpaired) electrons. The molecule has 0 bridgehead atoms. The largest absolute Gasteiger partial charge is 0.385 e. The number of nitrogens with one attached hydrogen (secondary N) is 1. The van der Waals surface area contributed by atoms with Crippen LogP contribution in [0.4, 0.5) is 0 Å². The van der Waals surface area contributed by atoms with Gasteiger partial charge in [0.25, 0.3) is 0 Å². The first kappa shape index (κ1) is 13.9. The van der Waals surface area contributed by atoms with Crippen LogP contribution in [0.1, 0.15) is 19.3 Å². The van der Waals surface area contributed by atoms with Crippen molar-refractivity contribution in [2.24, 2.45) is 0 Å². The van der Waals surface area contributed by atoms with Crippen molar-refractivity contribution in [1.29, 1.82) is 0 Å². The summed E-state index contributed by atoms with van der Waals surface area (Å²) in [6.45, 7) is 6.03. The highest BCUT2D eigenvalue weighted by atomic mass is 16.5. The number of rotatable bonds is 11. The Morgan fingerprint density at radius 1 is 1.06 bits per heavy atom. The summed E-state index contributed by atoms with van der Waals surface area (Å²) >= 11 is 0. The van der Waals surface area contributed by atoms with Crippen molar-refractivity contribution >= 4 is 0 Å². The van der Waals surface area contributed by atoms with Gasteiger partial charge in [0.1, 0.15) is 0 Å². The summed E-state index contributed by atoms with van der Waals surface area (Å²) in [6.07, 6.45) is 3.83. The molecule has 1 fully saturated rings. The molecule has 1 rings (SSSR count). The van der Waals surface area contributed by atoms with E-state index in [1.165, 1.54) is 12.8 Å². The Labute approximate surface area is 99.3 Å². The predicted octanol–water partition coefficient (Wildman–Crippen LogP) is 0.723. The van der Waals surface area contributed by atoms with E-state index in [1.807, 2.05) is 0 Å². The van der Waals surface area contributed by atoms with Crippen molar-refractivity contribution in [3.8, 4) is 0 Å². The van der Waals surface area contributed by atoms with E-state index >= 15 is 0 Å². The second-order valence-electron chi connectivity index (χ2n) is 4.36. The number of ether oxygens (including phenoxy) is 2. The molecule has 0 unspecified atom stereocenters. The Morgan fingerprint density at radius 3 is 2.44 bits per heavy atom. The van der Waals surface area contributed by atoms with Gasteiger partial charge >= 0.3 is 0 Å². The first-order valence-electron chi connectivity index (χ1n) is 6.31. The molecule has 0 amide bonds. The Hall–Kier alpha value is -0.160. The summed E-state index contributed by atoms with van der Waals surface area (Å²) in [4.78, 5) is 2.53. The molecule has 96 valence electrons. The lowest BCUT2D eigenvalue weighted by molar-refractivity contribution is 0.143. The van der Waals surface area contributed by atoms with Gasteiger partial charge in [0.2, 0.25) is 0 Å². The topological polar surface area (TPSA) is 33.7 Å². The summed E-state index contributed by atoms with van der Waals surface area (Å²) in [5.41, 5.74) is 0. The molecule has 0 aliphatic heterocycles. The number of hydrogen-bond donors (Lipinski definition) is 1. The highest BCUT2D eigenvalue weighted by Crippen LogP contribution is 2.25. The van der Waals surface area contributed by atoms with Gasteiger partial charge in [-0.1, -0.05) is 0 Å². The van der Waals surface area contributed by atoms with Crippen molar-refractivity contribution in [2.45, 2.75) is 25.3 Å². The first-order valence-corrected chi connectivity index (χ1v) is 6.31. The lowest BCUT2D eigenvalue weighted by atomic mass is 10.4. The molecule has 0 heterocycles. The molecule has 16 heavy (non-hydrogen) atoms. The van der Waals surface area contributed by atoms with Crippen molar-refractivity contribution in [1.82, 2.24) is 10.2 Å². The molecule has 0 aromatic rings. The van der Waals surface area contributed by atoms with Gasteiger partial charge in [-0.25, -0.2) is 0 Å². The molecule has 0 atom stereocenters. The first-order chi connectivity index (χ1) is 7.88. The van der Waals surface area contributed by atoms with E-state index in [9.17, 15) is 0 Å². The van der Waals surface area contributed by atoms with Crippen molar-refractivity contribution in [3.63, 3.8) is 0 Å². The van der Waals surface area contributed by atoms with Crippen LogP contribution in [0.5, 0.6) is 0 Å². The van der Waals surface area contributed by atoms with E-state index in [2.05, 4.69) is 10.2 Å². The smallest absolute Gasteiger partial charge is 0.0589 e. The van der Waals surface area contributed by atoms with Crippen LogP contribution >= 0.6 is 0 Å². The molecule has 0 saturated heterocycles. The van der Waals surface area contributed by atoms with E-state index < -0.39 is 0 Å². The molecule has 1 N–H and O–H groups in total. The minimum Gasteiger partial charge on any atom is -0.385 e. The zero-order chi connectivity index (χ0) is 11.6. The van der Waals surface area contributed by atoms with Gasteiger partial charge < -0.3 is 14.8 Å². The minimum atomic E-state index is 0.830. The van der Waals surface area contributed by atoms with Crippen LogP contribution in [-0.2, 0) is 9.47 Å². The summed E-state index contributed by atoms with van der Waals surface area (Å²) in [5, 5.41) is 3.45. The second kappa shape index (κ2) is 8.93. The van der Waals surface area contributed by atoms with E-state index in [-0.39, 0.29) is 0 Å². The summed E-state index contributed by atoms with van der Waals surface area (Å²) in [5.74, 6) is 0.